The van der Waals surface area contributed by atoms with Crippen molar-refractivity contribution in [1.82, 2.24) is 10.2 Å². The zero-order chi connectivity index (χ0) is 26.6. The van der Waals surface area contributed by atoms with Crippen LogP contribution in [0, 0.1) is 15.9 Å². The van der Waals surface area contributed by atoms with Crippen molar-refractivity contribution < 1.29 is 18.9 Å². The van der Waals surface area contributed by atoms with E-state index in [1.165, 1.54) is 40.9 Å². The van der Waals surface area contributed by atoms with Crippen LogP contribution in [0.2, 0.25) is 0 Å². The quantitative estimate of drug-likeness (QED) is 0.333. The topological polar surface area (TPSA) is 117 Å². The fourth-order valence-electron chi connectivity index (χ4n) is 4.15. The van der Waals surface area contributed by atoms with E-state index in [2.05, 4.69) is 15.3 Å². The number of nitro benzene ring substituents is 1. The Bertz CT molecular complexity index is 1470. The number of carbonyl (C=O) groups is 2. The van der Waals surface area contributed by atoms with Crippen molar-refractivity contribution >= 4 is 46.0 Å². The first kappa shape index (κ1) is 25.3. The van der Waals surface area contributed by atoms with E-state index in [1.807, 2.05) is 24.3 Å². The number of nitrogens with one attached hydrogen (secondary N) is 1. The Morgan fingerprint density at radius 1 is 1.08 bits per heavy atom. The first-order chi connectivity index (χ1) is 18.4. The second-order valence-corrected chi connectivity index (χ2v) is 9.65. The summed E-state index contributed by atoms with van der Waals surface area (Å²) in [7, 11) is 0. The molecule has 2 aliphatic heterocycles. The van der Waals surface area contributed by atoms with Crippen molar-refractivity contribution in [2.24, 2.45) is 9.98 Å². The lowest BCUT2D eigenvalue weighted by atomic mass is 10.1. The molecule has 2 aliphatic rings. The number of aliphatic imine (C=N–C) groups is 2. The summed E-state index contributed by atoms with van der Waals surface area (Å²) in [5, 5.41) is 14.3. The molecule has 0 unspecified atom stereocenters. The first-order valence-electron chi connectivity index (χ1n) is 11.9. The number of benzene rings is 3. The van der Waals surface area contributed by atoms with E-state index in [0.29, 0.717) is 22.4 Å². The second kappa shape index (κ2) is 10.9. The molecule has 5 rings (SSSR count). The first-order valence-corrected chi connectivity index (χ1v) is 12.8. The molecule has 0 saturated heterocycles. The van der Waals surface area contributed by atoms with E-state index in [9.17, 15) is 24.1 Å². The van der Waals surface area contributed by atoms with E-state index in [-0.39, 0.29) is 42.7 Å². The Kier molecular flexibility index (Phi) is 7.27. The summed E-state index contributed by atoms with van der Waals surface area (Å²) < 4.78 is 13.1. The molecule has 0 radical (unpaired) electrons. The number of hydrogen-bond donors (Lipinski definition) is 1. The van der Waals surface area contributed by atoms with Gasteiger partial charge in [0, 0.05) is 36.4 Å². The maximum absolute atomic E-state index is 13.4. The molecule has 0 bridgehead atoms. The van der Waals surface area contributed by atoms with E-state index < -0.39 is 11.0 Å². The van der Waals surface area contributed by atoms with Crippen LogP contribution < -0.4 is 5.32 Å². The van der Waals surface area contributed by atoms with Crippen LogP contribution in [0.4, 0.5) is 15.8 Å². The van der Waals surface area contributed by atoms with Crippen molar-refractivity contribution in [2.75, 3.05) is 0 Å². The summed E-state index contributed by atoms with van der Waals surface area (Å²) >= 11 is 1.29. The third-order valence-electron chi connectivity index (χ3n) is 6.08. The number of para-hydroxylation sites is 1. The highest BCUT2D eigenvalue weighted by molar-refractivity contribution is 8.13. The molecular formula is C27H22FN5O4S. The molecule has 1 N–H and O–H groups in total. The Morgan fingerprint density at radius 2 is 1.87 bits per heavy atom. The maximum atomic E-state index is 13.4. The lowest BCUT2D eigenvalue weighted by Crippen LogP contribution is -2.41. The molecule has 2 heterocycles. The summed E-state index contributed by atoms with van der Waals surface area (Å²) in [6.07, 6.45) is 0.316. The van der Waals surface area contributed by atoms with Crippen LogP contribution in [0.3, 0.4) is 0 Å². The number of thioether (sulfide) groups is 1. The molecule has 0 aromatic heterocycles. The number of halogens is 1. The van der Waals surface area contributed by atoms with Crippen molar-refractivity contribution in [3.05, 3.63) is 105 Å². The predicted octanol–water partition coefficient (Wildman–Crippen LogP) is 4.72. The van der Waals surface area contributed by atoms with Crippen LogP contribution in [-0.2, 0) is 21.9 Å². The standard InChI is InChI=1S/C27H22FN5O4S/c28-19-10-8-17(9-11-19)15-29-24(34)13-12-23-26(35)32-25(30-23)21-6-1-2-7-22(21)31-27(32)38-16-18-4-3-5-20(14-18)33(36)37/h1-11,14,23H,12-13,15-16H2,(H,29,34)/t23-/m0/s1. The lowest BCUT2D eigenvalue weighted by molar-refractivity contribution is -0.384. The van der Waals surface area contributed by atoms with Gasteiger partial charge in [-0.2, -0.15) is 0 Å². The van der Waals surface area contributed by atoms with Crippen LogP contribution in [0.1, 0.15) is 29.5 Å². The van der Waals surface area contributed by atoms with Crippen LogP contribution in [0.15, 0.2) is 82.8 Å². The lowest BCUT2D eigenvalue weighted by Gasteiger charge is -2.25. The molecule has 0 spiro atoms. The second-order valence-electron chi connectivity index (χ2n) is 8.71. The number of carbonyl (C=O) groups excluding carboxylic acids is 2. The number of rotatable bonds is 8. The summed E-state index contributed by atoms with van der Waals surface area (Å²) in [4.78, 5) is 47.3. The van der Waals surface area contributed by atoms with Gasteiger partial charge in [0.2, 0.25) is 5.91 Å². The average molecular weight is 532 g/mol. The average Bonchev–Trinajstić information content (AvgIpc) is 3.27. The Morgan fingerprint density at radius 3 is 2.66 bits per heavy atom. The largest absolute Gasteiger partial charge is 0.352 e. The van der Waals surface area contributed by atoms with E-state index >= 15 is 0 Å². The molecule has 3 aromatic rings. The van der Waals surface area contributed by atoms with E-state index in [0.717, 1.165) is 16.7 Å². The zero-order valence-corrected chi connectivity index (χ0v) is 20.9. The monoisotopic (exact) mass is 531 g/mol. The van der Waals surface area contributed by atoms with Gasteiger partial charge in [0.15, 0.2) is 5.17 Å². The van der Waals surface area contributed by atoms with Crippen LogP contribution in [-0.4, -0.2) is 38.7 Å². The van der Waals surface area contributed by atoms with Gasteiger partial charge in [-0.1, -0.05) is 48.2 Å². The van der Waals surface area contributed by atoms with Gasteiger partial charge in [-0.05, 0) is 41.8 Å². The molecule has 3 aromatic carbocycles. The molecule has 0 fully saturated rings. The van der Waals surface area contributed by atoms with Crippen LogP contribution in [0.5, 0.6) is 0 Å². The minimum atomic E-state index is -0.740. The molecular weight excluding hydrogens is 509 g/mol. The van der Waals surface area contributed by atoms with Gasteiger partial charge in [0.25, 0.3) is 11.6 Å². The SMILES string of the molecule is O=C(CC[C@@H]1N=C2c3ccccc3N=C(SCc3cccc([N+](=O)[O-])c3)N2C1=O)NCc1ccc(F)cc1. The normalized spacial score (nSPS) is 15.9. The number of nitrogens with zero attached hydrogens (tertiary/aromatic N) is 4. The number of non-ortho nitro benzene ring substituents is 1. The smallest absolute Gasteiger partial charge is 0.269 e. The summed E-state index contributed by atoms with van der Waals surface area (Å²) in [5.41, 5.74) is 2.90. The molecule has 2 amide bonds. The molecule has 0 aliphatic carbocycles. The minimum absolute atomic E-state index is 0.00343. The van der Waals surface area contributed by atoms with Crippen molar-refractivity contribution in [3.63, 3.8) is 0 Å². The number of nitro groups is 1. The summed E-state index contributed by atoms with van der Waals surface area (Å²) in [6, 6.07) is 18.8. The van der Waals surface area contributed by atoms with Gasteiger partial charge in [0.05, 0.1) is 10.6 Å². The van der Waals surface area contributed by atoms with Crippen LogP contribution >= 0.6 is 11.8 Å². The molecule has 192 valence electrons. The van der Waals surface area contributed by atoms with Gasteiger partial charge in [-0.25, -0.2) is 14.3 Å². The third kappa shape index (κ3) is 5.47. The fourth-order valence-corrected chi connectivity index (χ4v) is 5.10. The number of amidine groups is 2. The molecule has 1 atom stereocenters. The predicted molar refractivity (Wildman–Crippen MR) is 143 cm³/mol. The van der Waals surface area contributed by atoms with Gasteiger partial charge in [-0.15, -0.1) is 0 Å². The van der Waals surface area contributed by atoms with Gasteiger partial charge >= 0.3 is 0 Å². The van der Waals surface area contributed by atoms with Crippen LogP contribution in [0.25, 0.3) is 0 Å². The summed E-state index contributed by atoms with van der Waals surface area (Å²) in [6.45, 7) is 0.261. The number of fused-ring (bicyclic) bond motifs is 3. The maximum Gasteiger partial charge on any atom is 0.269 e. The zero-order valence-electron chi connectivity index (χ0n) is 20.0. The Labute approximate surface area is 221 Å². The third-order valence-corrected chi connectivity index (χ3v) is 7.09. The van der Waals surface area contributed by atoms with Crippen molar-refractivity contribution in [2.45, 2.75) is 31.2 Å². The highest BCUT2D eigenvalue weighted by atomic mass is 32.2. The Hall–Kier alpha value is -4.38. The molecule has 38 heavy (non-hydrogen) atoms. The molecule has 11 heteroatoms. The van der Waals surface area contributed by atoms with Gasteiger partial charge in [-0.3, -0.25) is 24.7 Å². The Balaban J connectivity index is 1.27. The minimum Gasteiger partial charge on any atom is -0.352 e. The van der Waals surface area contributed by atoms with Crippen molar-refractivity contribution in [1.29, 1.82) is 0 Å². The number of hydrogen-bond acceptors (Lipinski definition) is 7. The van der Waals surface area contributed by atoms with Gasteiger partial charge < -0.3 is 5.32 Å². The number of amides is 2. The molecule has 9 nitrogen and oxygen atoms in total. The fraction of sp³-hybridized carbons (Fsp3) is 0.185. The van der Waals surface area contributed by atoms with E-state index in [4.69, 9.17) is 0 Å². The van der Waals surface area contributed by atoms with Gasteiger partial charge in [0.1, 0.15) is 17.7 Å². The van der Waals surface area contributed by atoms with Crippen molar-refractivity contribution in [3.8, 4) is 0 Å². The highest BCUT2D eigenvalue weighted by Crippen LogP contribution is 2.35. The van der Waals surface area contributed by atoms with E-state index in [1.54, 1.807) is 24.3 Å². The summed E-state index contributed by atoms with van der Waals surface area (Å²) in [5.74, 6) is 0.00517. The highest BCUT2D eigenvalue weighted by Gasteiger charge is 2.41. The molecule has 0 saturated carbocycles.